The predicted molar refractivity (Wildman–Crippen MR) is 115 cm³/mol. The van der Waals surface area contributed by atoms with Crippen molar-refractivity contribution in [1.82, 2.24) is 9.47 Å². The third kappa shape index (κ3) is 4.25. The summed E-state index contributed by atoms with van der Waals surface area (Å²) in [5.41, 5.74) is 3.88. The molecule has 1 aromatic carbocycles. The van der Waals surface area contributed by atoms with E-state index in [1.165, 1.54) is 43.9 Å². The van der Waals surface area contributed by atoms with Crippen molar-refractivity contribution in [1.29, 1.82) is 0 Å². The molecule has 0 amide bonds. The van der Waals surface area contributed by atoms with E-state index in [9.17, 15) is 9.18 Å². The lowest BCUT2D eigenvalue weighted by Gasteiger charge is -2.35. The van der Waals surface area contributed by atoms with Crippen molar-refractivity contribution in [3.05, 3.63) is 53.1 Å². The van der Waals surface area contributed by atoms with E-state index in [1.54, 1.807) is 6.07 Å². The van der Waals surface area contributed by atoms with Crippen LogP contribution in [0.15, 0.2) is 30.3 Å². The number of rotatable bonds is 5. The van der Waals surface area contributed by atoms with Crippen LogP contribution in [0.1, 0.15) is 59.9 Å². The molecule has 0 N–H and O–H groups in total. The molecular weight excluding hydrogens is 365 g/mol. The van der Waals surface area contributed by atoms with Gasteiger partial charge in [0.2, 0.25) is 0 Å². The van der Waals surface area contributed by atoms with Crippen LogP contribution in [0.5, 0.6) is 0 Å². The lowest BCUT2D eigenvalue weighted by Crippen LogP contribution is -2.48. The standard InChI is InChI=1S/C24H32FN3O/c1-18-16-21(19(2)28(18)20-8-4-3-5-9-20)24(29)17-26-12-14-27(15-13-26)23-11-7-6-10-22(23)25/h6-7,10-11,16,20H,3-5,8-9,12-15,17H2,1-2H3. The van der Waals surface area contributed by atoms with E-state index in [0.717, 1.165) is 37.4 Å². The molecule has 4 nitrogen and oxygen atoms in total. The minimum atomic E-state index is -0.174. The molecule has 1 aliphatic heterocycles. The number of para-hydroxylation sites is 1. The zero-order chi connectivity index (χ0) is 20.4. The Morgan fingerprint density at radius 1 is 1.03 bits per heavy atom. The van der Waals surface area contributed by atoms with Crippen LogP contribution >= 0.6 is 0 Å². The van der Waals surface area contributed by atoms with E-state index in [0.29, 0.717) is 18.3 Å². The minimum Gasteiger partial charge on any atom is -0.367 e. The van der Waals surface area contributed by atoms with E-state index in [4.69, 9.17) is 0 Å². The van der Waals surface area contributed by atoms with E-state index >= 15 is 0 Å². The molecule has 5 heteroatoms. The van der Waals surface area contributed by atoms with Crippen molar-refractivity contribution in [3.63, 3.8) is 0 Å². The molecule has 0 bridgehead atoms. The number of hydrogen-bond donors (Lipinski definition) is 0. The number of carbonyl (C=O) groups is 1. The van der Waals surface area contributed by atoms with Crippen LogP contribution in [0.2, 0.25) is 0 Å². The first-order valence-electron chi connectivity index (χ1n) is 11.0. The lowest BCUT2D eigenvalue weighted by atomic mass is 9.95. The number of ketones is 1. The van der Waals surface area contributed by atoms with Crippen molar-refractivity contribution < 1.29 is 9.18 Å². The first-order valence-corrected chi connectivity index (χ1v) is 11.0. The van der Waals surface area contributed by atoms with Crippen LogP contribution in [0.3, 0.4) is 0 Å². The Bertz CT molecular complexity index is 861. The van der Waals surface area contributed by atoms with Crippen LogP contribution in [-0.4, -0.2) is 48.0 Å². The summed E-state index contributed by atoms with van der Waals surface area (Å²) in [6, 6.07) is 9.56. The average Bonchev–Trinajstić information content (AvgIpc) is 3.04. The van der Waals surface area contributed by atoms with Gasteiger partial charge in [0.1, 0.15) is 5.82 Å². The Hall–Kier alpha value is -2.14. The highest BCUT2D eigenvalue weighted by atomic mass is 19.1. The highest BCUT2D eigenvalue weighted by Gasteiger charge is 2.25. The number of piperazine rings is 1. The summed E-state index contributed by atoms with van der Waals surface area (Å²) in [6.07, 6.45) is 6.36. The summed E-state index contributed by atoms with van der Waals surface area (Å²) in [6.45, 7) is 7.73. The van der Waals surface area contributed by atoms with Crippen LogP contribution in [0.25, 0.3) is 0 Å². The van der Waals surface area contributed by atoms with E-state index < -0.39 is 0 Å². The number of aryl methyl sites for hydroxylation is 1. The van der Waals surface area contributed by atoms with Gasteiger partial charge in [-0.3, -0.25) is 9.69 Å². The van der Waals surface area contributed by atoms with Gasteiger partial charge < -0.3 is 9.47 Å². The molecule has 29 heavy (non-hydrogen) atoms. The van der Waals surface area contributed by atoms with Gasteiger partial charge in [0, 0.05) is 49.2 Å². The Morgan fingerprint density at radius 3 is 2.41 bits per heavy atom. The molecule has 0 unspecified atom stereocenters. The first-order chi connectivity index (χ1) is 14.0. The lowest BCUT2D eigenvalue weighted by molar-refractivity contribution is 0.0925. The highest BCUT2D eigenvalue weighted by Crippen LogP contribution is 2.32. The molecule has 0 radical (unpaired) electrons. The van der Waals surface area contributed by atoms with Crippen molar-refractivity contribution >= 4 is 11.5 Å². The van der Waals surface area contributed by atoms with Gasteiger partial charge in [-0.15, -0.1) is 0 Å². The van der Waals surface area contributed by atoms with Gasteiger partial charge in [-0.1, -0.05) is 31.4 Å². The maximum absolute atomic E-state index is 14.0. The molecule has 1 saturated carbocycles. The van der Waals surface area contributed by atoms with Crippen LogP contribution in [-0.2, 0) is 0 Å². The van der Waals surface area contributed by atoms with Crippen molar-refractivity contribution in [2.75, 3.05) is 37.6 Å². The molecule has 2 fully saturated rings. The first kappa shape index (κ1) is 20.1. The highest BCUT2D eigenvalue weighted by molar-refractivity contribution is 5.99. The zero-order valence-corrected chi connectivity index (χ0v) is 17.7. The number of Topliss-reactive ketones (excluding diaryl/α,β-unsaturated/α-hetero) is 1. The van der Waals surface area contributed by atoms with Gasteiger partial charge in [-0.05, 0) is 44.9 Å². The Balaban J connectivity index is 1.39. The van der Waals surface area contributed by atoms with Crippen LogP contribution in [0, 0.1) is 19.7 Å². The smallest absolute Gasteiger partial charge is 0.178 e. The Morgan fingerprint density at radius 2 is 1.72 bits per heavy atom. The largest absolute Gasteiger partial charge is 0.367 e. The van der Waals surface area contributed by atoms with Gasteiger partial charge in [0.25, 0.3) is 0 Å². The minimum absolute atomic E-state index is 0.174. The van der Waals surface area contributed by atoms with Crippen LogP contribution < -0.4 is 4.90 Å². The monoisotopic (exact) mass is 397 g/mol. The molecule has 2 aliphatic rings. The predicted octanol–water partition coefficient (Wildman–Crippen LogP) is 4.75. The second kappa shape index (κ2) is 8.70. The fourth-order valence-corrected chi connectivity index (χ4v) is 5.10. The van der Waals surface area contributed by atoms with Crippen molar-refractivity contribution in [2.45, 2.75) is 52.0 Å². The molecule has 1 aromatic heterocycles. The maximum Gasteiger partial charge on any atom is 0.178 e. The number of aromatic nitrogens is 1. The summed E-state index contributed by atoms with van der Waals surface area (Å²) in [4.78, 5) is 17.3. The maximum atomic E-state index is 14.0. The van der Waals surface area contributed by atoms with E-state index in [-0.39, 0.29) is 11.6 Å². The van der Waals surface area contributed by atoms with Crippen LogP contribution in [0.4, 0.5) is 10.1 Å². The SMILES string of the molecule is Cc1cc(C(=O)CN2CCN(c3ccccc3F)CC2)c(C)n1C1CCCCC1. The second-order valence-electron chi connectivity index (χ2n) is 8.58. The molecule has 4 rings (SSSR count). The van der Waals surface area contributed by atoms with E-state index in [2.05, 4.69) is 34.3 Å². The fourth-order valence-electron chi connectivity index (χ4n) is 5.10. The Kier molecular flexibility index (Phi) is 6.04. The van der Waals surface area contributed by atoms with Gasteiger partial charge in [-0.2, -0.15) is 0 Å². The summed E-state index contributed by atoms with van der Waals surface area (Å²) in [7, 11) is 0. The normalized spacial score (nSPS) is 18.9. The molecule has 2 heterocycles. The molecule has 1 aliphatic carbocycles. The molecule has 1 saturated heterocycles. The topological polar surface area (TPSA) is 28.5 Å². The second-order valence-corrected chi connectivity index (χ2v) is 8.58. The number of halogens is 1. The number of anilines is 1. The quantitative estimate of drug-likeness (QED) is 0.682. The van der Waals surface area contributed by atoms with Gasteiger partial charge in [0.05, 0.1) is 12.2 Å². The third-order valence-corrected chi connectivity index (χ3v) is 6.66. The molecule has 0 spiro atoms. The Labute approximate surface area is 173 Å². The zero-order valence-electron chi connectivity index (χ0n) is 17.7. The summed E-state index contributed by atoms with van der Waals surface area (Å²) < 4.78 is 16.4. The molecular formula is C24H32FN3O. The number of benzene rings is 1. The summed E-state index contributed by atoms with van der Waals surface area (Å²) in [5.74, 6) is 0.0340. The number of hydrogen-bond acceptors (Lipinski definition) is 3. The summed E-state index contributed by atoms with van der Waals surface area (Å²) in [5, 5.41) is 0. The third-order valence-electron chi connectivity index (χ3n) is 6.66. The average molecular weight is 398 g/mol. The number of carbonyl (C=O) groups excluding carboxylic acids is 1. The fraction of sp³-hybridized carbons (Fsp3) is 0.542. The molecule has 0 atom stereocenters. The van der Waals surface area contributed by atoms with Crippen molar-refractivity contribution in [2.24, 2.45) is 0 Å². The van der Waals surface area contributed by atoms with Gasteiger partial charge in [0.15, 0.2) is 5.78 Å². The van der Waals surface area contributed by atoms with E-state index in [1.807, 2.05) is 12.1 Å². The molecule has 2 aromatic rings. The molecule has 156 valence electrons. The van der Waals surface area contributed by atoms with Gasteiger partial charge in [-0.25, -0.2) is 4.39 Å². The van der Waals surface area contributed by atoms with Crippen molar-refractivity contribution in [3.8, 4) is 0 Å². The summed E-state index contributed by atoms with van der Waals surface area (Å²) >= 11 is 0. The van der Waals surface area contributed by atoms with Gasteiger partial charge >= 0.3 is 0 Å². The number of nitrogens with zero attached hydrogens (tertiary/aromatic N) is 3.